The van der Waals surface area contributed by atoms with Crippen molar-refractivity contribution < 1.29 is 58.3 Å². The van der Waals surface area contributed by atoms with Crippen LogP contribution in [-0.4, -0.2) is 57.1 Å². The zero-order chi connectivity index (χ0) is 27.4. The minimum atomic E-state index is -5.00. The summed E-state index contributed by atoms with van der Waals surface area (Å²) in [6.07, 6.45) is 0. The van der Waals surface area contributed by atoms with Crippen molar-refractivity contribution in [3.63, 3.8) is 0 Å². The number of aromatic hydroxyl groups is 1. The molecule has 15 nitrogen and oxygen atoms in total. The van der Waals surface area contributed by atoms with Gasteiger partial charge in [-0.1, -0.05) is 17.2 Å². The summed E-state index contributed by atoms with van der Waals surface area (Å²) < 4.78 is 99.0. The average molecular weight is 597 g/mol. The Morgan fingerprint density at radius 2 is 1.54 bits per heavy atom. The molecule has 0 radical (unpaired) electrons. The van der Waals surface area contributed by atoms with Gasteiger partial charge in [0.2, 0.25) is 0 Å². The fraction of sp³-hybridized carbons (Fsp3) is 0.111. The van der Waals surface area contributed by atoms with Crippen LogP contribution in [0.3, 0.4) is 0 Å². The average Bonchev–Trinajstić information content (AvgIpc) is 2.81. The molecule has 0 amide bonds. The van der Waals surface area contributed by atoms with Gasteiger partial charge in [0.05, 0.1) is 22.2 Å². The lowest BCUT2D eigenvalue weighted by molar-refractivity contribution is -0.434. The SMILES string of the molecule is O=S(=O)(O)c1ccc2c(/N=N/c3ccc(S(=O)(=O)CCOSOOO)cc3S(=O)(=O)O)c(O)ccc2c1. The molecule has 0 heterocycles. The maximum absolute atomic E-state index is 12.5. The summed E-state index contributed by atoms with van der Waals surface area (Å²) in [5, 5.41) is 29.4. The monoisotopic (exact) mass is 596 g/mol. The zero-order valence-electron chi connectivity index (χ0n) is 18.0. The van der Waals surface area contributed by atoms with E-state index in [-0.39, 0.29) is 28.8 Å². The van der Waals surface area contributed by atoms with Crippen LogP contribution in [0, 0.1) is 0 Å². The van der Waals surface area contributed by atoms with Crippen LogP contribution in [0.4, 0.5) is 11.4 Å². The second kappa shape index (κ2) is 11.3. The van der Waals surface area contributed by atoms with E-state index in [0.29, 0.717) is 6.07 Å². The topological polar surface area (TPSA) is 236 Å². The van der Waals surface area contributed by atoms with E-state index in [0.717, 1.165) is 30.3 Å². The molecule has 0 atom stereocenters. The first-order valence-electron chi connectivity index (χ1n) is 9.50. The van der Waals surface area contributed by atoms with Gasteiger partial charge in [-0.2, -0.15) is 16.8 Å². The number of benzene rings is 3. The number of azo groups is 1. The van der Waals surface area contributed by atoms with E-state index in [2.05, 4.69) is 23.8 Å². The molecule has 0 aromatic heterocycles. The Labute approximate surface area is 214 Å². The molecule has 0 aliphatic carbocycles. The molecule has 0 aliphatic rings. The molecule has 3 aromatic carbocycles. The maximum atomic E-state index is 12.5. The van der Waals surface area contributed by atoms with Crippen molar-refractivity contribution in [1.29, 1.82) is 0 Å². The number of rotatable bonds is 11. The standard InChI is InChI=1S/C18H16N2O13S4/c21-16-6-1-11-9-13(36(25,26)27)2-4-14(11)18(16)20-19-15-5-3-12(10-17(15)37(28,29)30)35(23,24)8-7-31-34-33-32-22/h1-6,9-10,21-22H,7-8H2,(H,25,26,27)(H,28,29,30)/b20-19+. The second-order valence-electron chi connectivity index (χ2n) is 6.95. The molecule has 3 aromatic rings. The van der Waals surface area contributed by atoms with E-state index in [1.807, 2.05) is 0 Å². The van der Waals surface area contributed by atoms with E-state index in [9.17, 15) is 39.5 Å². The van der Waals surface area contributed by atoms with Crippen LogP contribution in [-0.2, 0) is 43.6 Å². The summed E-state index contributed by atoms with van der Waals surface area (Å²) in [5.74, 6) is -1.06. The molecule has 200 valence electrons. The van der Waals surface area contributed by atoms with Gasteiger partial charge in [-0.05, 0) is 41.8 Å². The summed E-state index contributed by atoms with van der Waals surface area (Å²) in [6, 6.07) is 8.48. The fourth-order valence-electron chi connectivity index (χ4n) is 2.95. The Hall–Kier alpha value is -2.72. The van der Waals surface area contributed by atoms with Gasteiger partial charge < -0.3 is 5.11 Å². The van der Waals surface area contributed by atoms with Gasteiger partial charge in [-0.15, -0.1) is 14.6 Å². The summed E-state index contributed by atoms with van der Waals surface area (Å²) in [5.41, 5.74) is -0.686. The van der Waals surface area contributed by atoms with Crippen LogP contribution < -0.4 is 0 Å². The third-order valence-corrected chi connectivity index (χ3v) is 8.40. The number of phenolic OH excluding ortho intramolecular Hbond substituents is 1. The normalized spacial score (nSPS) is 12.9. The molecule has 0 unspecified atom stereocenters. The lowest BCUT2D eigenvalue weighted by Crippen LogP contribution is -2.12. The first-order valence-corrected chi connectivity index (χ1v) is 14.7. The molecule has 0 saturated carbocycles. The Morgan fingerprint density at radius 1 is 0.838 bits per heavy atom. The Morgan fingerprint density at radius 3 is 2.19 bits per heavy atom. The van der Waals surface area contributed by atoms with E-state index in [1.165, 1.54) is 12.1 Å². The lowest BCUT2D eigenvalue weighted by atomic mass is 10.1. The van der Waals surface area contributed by atoms with Crippen LogP contribution in [0.1, 0.15) is 0 Å². The van der Waals surface area contributed by atoms with Gasteiger partial charge in [0.15, 0.2) is 22.2 Å². The Balaban J connectivity index is 2.00. The van der Waals surface area contributed by atoms with E-state index < -0.39 is 68.6 Å². The molecule has 37 heavy (non-hydrogen) atoms. The van der Waals surface area contributed by atoms with Crippen molar-refractivity contribution in [1.82, 2.24) is 0 Å². The summed E-state index contributed by atoms with van der Waals surface area (Å²) in [4.78, 5) is -1.83. The van der Waals surface area contributed by atoms with E-state index in [1.54, 1.807) is 0 Å². The van der Waals surface area contributed by atoms with Gasteiger partial charge in [-0.3, -0.25) is 13.3 Å². The number of hydrogen-bond donors (Lipinski definition) is 4. The molecule has 3 rings (SSSR count). The van der Waals surface area contributed by atoms with Gasteiger partial charge in [0, 0.05) is 5.39 Å². The van der Waals surface area contributed by atoms with Crippen LogP contribution in [0.15, 0.2) is 73.4 Å². The van der Waals surface area contributed by atoms with Crippen LogP contribution in [0.5, 0.6) is 5.75 Å². The number of nitrogens with zero attached hydrogens (tertiary/aromatic N) is 2. The van der Waals surface area contributed by atoms with Gasteiger partial charge in [0.25, 0.3) is 20.2 Å². The van der Waals surface area contributed by atoms with Crippen molar-refractivity contribution in [3.8, 4) is 5.75 Å². The summed E-state index contributed by atoms with van der Waals surface area (Å²) in [6.45, 7) is -0.446. The van der Waals surface area contributed by atoms with Gasteiger partial charge in [-0.25, -0.2) is 13.7 Å². The van der Waals surface area contributed by atoms with Crippen LogP contribution >= 0.6 is 12.3 Å². The minimum Gasteiger partial charge on any atom is -0.506 e. The molecule has 0 fully saturated rings. The molecule has 0 spiro atoms. The number of sulfone groups is 1. The fourth-order valence-corrected chi connectivity index (χ4v) is 5.63. The molecule has 19 heteroatoms. The number of fused-ring (bicyclic) bond motifs is 1. The zero-order valence-corrected chi connectivity index (χ0v) is 21.3. The number of hydrogen-bond acceptors (Lipinski definition) is 14. The molecule has 0 saturated heterocycles. The van der Waals surface area contributed by atoms with Crippen molar-refractivity contribution in [3.05, 3.63) is 48.5 Å². The van der Waals surface area contributed by atoms with Crippen molar-refractivity contribution in [2.75, 3.05) is 12.4 Å². The molecule has 0 bridgehead atoms. The second-order valence-corrected chi connectivity index (χ2v) is 12.4. The lowest BCUT2D eigenvalue weighted by Gasteiger charge is -2.08. The highest BCUT2D eigenvalue weighted by Crippen LogP contribution is 2.38. The molecule has 0 aliphatic heterocycles. The highest BCUT2D eigenvalue weighted by Gasteiger charge is 2.22. The van der Waals surface area contributed by atoms with E-state index in [4.69, 9.17) is 5.26 Å². The van der Waals surface area contributed by atoms with Crippen molar-refractivity contribution in [2.45, 2.75) is 14.7 Å². The summed E-state index contributed by atoms with van der Waals surface area (Å²) >= 11 is 0.145. The predicted molar refractivity (Wildman–Crippen MR) is 126 cm³/mol. The van der Waals surface area contributed by atoms with Crippen LogP contribution in [0.2, 0.25) is 0 Å². The third kappa shape index (κ3) is 7.19. The minimum absolute atomic E-state index is 0.145. The maximum Gasteiger partial charge on any atom is 0.296 e. The first kappa shape index (κ1) is 28.8. The summed E-state index contributed by atoms with van der Waals surface area (Å²) in [7, 11) is -13.6. The quantitative estimate of drug-likeness (QED) is 0.0621. The molecular weight excluding hydrogens is 580 g/mol. The van der Waals surface area contributed by atoms with Crippen molar-refractivity contribution >= 4 is 64.5 Å². The van der Waals surface area contributed by atoms with Gasteiger partial charge >= 0.3 is 0 Å². The van der Waals surface area contributed by atoms with E-state index >= 15 is 0 Å². The predicted octanol–water partition coefficient (Wildman–Crippen LogP) is 3.23. The Bertz CT molecular complexity index is 1670. The highest BCUT2D eigenvalue weighted by atomic mass is 32.2. The Kier molecular flexibility index (Phi) is 8.85. The smallest absolute Gasteiger partial charge is 0.296 e. The largest absolute Gasteiger partial charge is 0.506 e. The molecular formula is C18H16N2O13S4. The molecule has 4 N–H and O–H groups in total. The van der Waals surface area contributed by atoms with Gasteiger partial charge in [0.1, 0.15) is 22.0 Å². The van der Waals surface area contributed by atoms with Crippen molar-refractivity contribution in [2.24, 2.45) is 10.2 Å². The van der Waals surface area contributed by atoms with Crippen LogP contribution in [0.25, 0.3) is 10.8 Å². The number of phenols is 1. The third-order valence-electron chi connectivity index (χ3n) is 4.61. The highest BCUT2D eigenvalue weighted by molar-refractivity contribution is 7.91. The first-order chi connectivity index (χ1) is 17.2.